The van der Waals surface area contributed by atoms with Crippen LogP contribution in [-0.4, -0.2) is 11.7 Å². The molecule has 0 aliphatic heterocycles. The van der Waals surface area contributed by atoms with Crippen molar-refractivity contribution in [2.45, 2.75) is 13.0 Å². The van der Waals surface area contributed by atoms with E-state index in [-0.39, 0.29) is 18.8 Å². The van der Waals surface area contributed by atoms with Gasteiger partial charge in [-0.2, -0.15) is 0 Å². The fraction of sp³-hybridized carbons (Fsp3) is 0.176. The van der Waals surface area contributed by atoms with E-state index in [4.69, 9.17) is 9.84 Å². The van der Waals surface area contributed by atoms with Gasteiger partial charge in [0.2, 0.25) is 0 Å². The second kappa shape index (κ2) is 7.41. The first-order valence-corrected chi connectivity index (χ1v) is 6.45. The molecule has 4 heteroatoms. The van der Waals surface area contributed by atoms with Gasteiger partial charge in [-0.3, -0.25) is 0 Å². The third kappa shape index (κ3) is 4.59. The molecule has 0 bridgehead atoms. The average Bonchev–Trinajstić information content (AvgIpc) is 2.49. The van der Waals surface area contributed by atoms with Crippen molar-refractivity contribution in [3.8, 4) is 17.6 Å². The van der Waals surface area contributed by atoms with Gasteiger partial charge in [0.25, 0.3) is 0 Å². The molecule has 0 amide bonds. The third-order valence-corrected chi connectivity index (χ3v) is 2.71. The topological polar surface area (TPSA) is 29.5 Å². The SMILES string of the molecule is OCCC#Cc1cccc(OCc2cc(F)ccc2F)c1. The Bertz CT molecular complexity index is 672. The smallest absolute Gasteiger partial charge is 0.130 e. The number of aliphatic hydroxyl groups is 1. The lowest BCUT2D eigenvalue weighted by atomic mass is 10.2. The van der Waals surface area contributed by atoms with E-state index in [1.165, 1.54) is 0 Å². The van der Waals surface area contributed by atoms with Gasteiger partial charge in [0.1, 0.15) is 24.0 Å². The summed E-state index contributed by atoms with van der Waals surface area (Å²) in [5.41, 5.74) is 0.896. The summed E-state index contributed by atoms with van der Waals surface area (Å²) in [5, 5.41) is 8.66. The minimum absolute atomic E-state index is 0.0159. The summed E-state index contributed by atoms with van der Waals surface area (Å²) < 4.78 is 32.0. The van der Waals surface area contributed by atoms with E-state index in [0.29, 0.717) is 12.2 Å². The van der Waals surface area contributed by atoms with Crippen molar-refractivity contribution in [1.82, 2.24) is 0 Å². The highest BCUT2D eigenvalue weighted by atomic mass is 19.1. The van der Waals surface area contributed by atoms with E-state index in [9.17, 15) is 8.78 Å². The highest BCUT2D eigenvalue weighted by molar-refractivity contribution is 5.39. The first-order valence-electron chi connectivity index (χ1n) is 6.45. The molecule has 0 aliphatic carbocycles. The first-order chi connectivity index (χ1) is 10.2. The highest BCUT2D eigenvalue weighted by Gasteiger charge is 2.05. The Morgan fingerprint density at radius 3 is 2.76 bits per heavy atom. The Labute approximate surface area is 122 Å². The highest BCUT2D eigenvalue weighted by Crippen LogP contribution is 2.16. The van der Waals surface area contributed by atoms with Crippen LogP contribution < -0.4 is 4.74 Å². The van der Waals surface area contributed by atoms with E-state index in [2.05, 4.69) is 11.8 Å². The molecule has 1 N–H and O–H groups in total. The van der Waals surface area contributed by atoms with Crippen molar-refractivity contribution in [2.75, 3.05) is 6.61 Å². The normalized spacial score (nSPS) is 9.86. The maximum absolute atomic E-state index is 13.5. The van der Waals surface area contributed by atoms with Crippen LogP contribution in [0.3, 0.4) is 0 Å². The van der Waals surface area contributed by atoms with Gasteiger partial charge in [-0.1, -0.05) is 17.9 Å². The Kier molecular flexibility index (Phi) is 5.30. The fourth-order valence-electron chi connectivity index (χ4n) is 1.70. The molecule has 2 rings (SSSR count). The molecule has 0 heterocycles. The van der Waals surface area contributed by atoms with Gasteiger partial charge < -0.3 is 9.84 Å². The molecule has 0 aromatic heterocycles. The van der Waals surface area contributed by atoms with Crippen LogP contribution in [0, 0.1) is 23.5 Å². The van der Waals surface area contributed by atoms with Gasteiger partial charge >= 0.3 is 0 Å². The van der Waals surface area contributed by atoms with Gasteiger partial charge in [-0.05, 0) is 36.4 Å². The van der Waals surface area contributed by atoms with Crippen LogP contribution in [-0.2, 0) is 6.61 Å². The van der Waals surface area contributed by atoms with Crippen molar-refractivity contribution in [3.63, 3.8) is 0 Å². The van der Waals surface area contributed by atoms with Gasteiger partial charge in [0.15, 0.2) is 0 Å². The molecule has 108 valence electrons. The molecule has 0 unspecified atom stereocenters. The summed E-state index contributed by atoms with van der Waals surface area (Å²) in [6.07, 6.45) is 0.402. The molecule has 0 aliphatic rings. The largest absolute Gasteiger partial charge is 0.489 e. The van der Waals surface area contributed by atoms with Crippen LogP contribution in [0.25, 0.3) is 0 Å². The number of hydrogen-bond acceptors (Lipinski definition) is 2. The van der Waals surface area contributed by atoms with Crippen LogP contribution in [0.15, 0.2) is 42.5 Å². The van der Waals surface area contributed by atoms with Gasteiger partial charge in [-0.25, -0.2) is 8.78 Å². The Morgan fingerprint density at radius 1 is 1.10 bits per heavy atom. The minimum atomic E-state index is -0.504. The second-order valence-corrected chi connectivity index (χ2v) is 4.33. The quantitative estimate of drug-likeness (QED) is 0.875. The zero-order valence-corrected chi connectivity index (χ0v) is 11.3. The van der Waals surface area contributed by atoms with Crippen molar-refractivity contribution in [1.29, 1.82) is 0 Å². The van der Waals surface area contributed by atoms with E-state index >= 15 is 0 Å². The van der Waals surface area contributed by atoms with Crippen molar-refractivity contribution < 1.29 is 18.6 Å². The van der Waals surface area contributed by atoms with Gasteiger partial charge in [0.05, 0.1) is 6.61 Å². The predicted octanol–water partition coefficient (Wildman–Crippen LogP) is 3.28. The van der Waals surface area contributed by atoms with Crippen LogP contribution in [0.4, 0.5) is 8.78 Å². The lowest BCUT2D eigenvalue weighted by Crippen LogP contribution is -1.99. The average molecular weight is 288 g/mol. The van der Waals surface area contributed by atoms with Crippen LogP contribution >= 0.6 is 0 Å². The number of ether oxygens (including phenoxy) is 1. The summed E-state index contributed by atoms with van der Waals surface area (Å²) in [6, 6.07) is 10.2. The zero-order valence-electron chi connectivity index (χ0n) is 11.3. The Morgan fingerprint density at radius 2 is 1.95 bits per heavy atom. The van der Waals surface area contributed by atoms with Crippen molar-refractivity contribution in [2.24, 2.45) is 0 Å². The molecule has 0 saturated heterocycles. The number of benzene rings is 2. The number of hydrogen-bond donors (Lipinski definition) is 1. The third-order valence-electron chi connectivity index (χ3n) is 2.71. The van der Waals surface area contributed by atoms with E-state index in [0.717, 1.165) is 23.8 Å². The first kappa shape index (κ1) is 15.0. The molecule has 0 spiro atoms. The molecular formula is C17H14F2O2. The molecule has 2 aromatic rings. The van der Waals surface area contributed by atoms with Crippen LogP contribution in [0.5, 0.6) is 5.75 Å². The molecule has 0 saturated carbocycles. The van der Waals surface area contributed by atoms with Gasteiger partial charge in [-0.15, -0.1) is 0 Å². The summed E-state index contributed by atoms with van der Waals surface area (Å²) in [4.78, 5) is 0. The summed E-state index contributed by atoms with van der Waals surface area (Å²) in [5.74, 6) is 5.20. The standard InChI is InChI=1S/C17H14F2O2/c18-15-7-8-17(19)14(11-15)12-21-16-6-3-5-13(10-16)4-1-2-9-20/h3,5-8,10-11,20H,2,9,12H2. The molecule has 0 radical (unpaired) electrons. The molecule has 0 fully saturated rings. The summed E-state index contributed by atoms with van der Waals surface area (Å²) in [6.45, 7) is -0.0425. The Balaban J connectivity index is 2.05. The van der Waals surface area contributed by atoms with Crippen molar-refractivity contribution in [3.05, 3.63) is 65.2 Å². The molecule has 21 heavy (non-hydrogen) atoms. The maximum atomic E-state index is 13.5. The number of rotatable bonds is 4. The van der Waals surface area contributed by atoms with Crippen LogP contribution in [0.2, 0.25) is 0 Å². The second-order valence-electron chi connectivity index (χ2n) is 4.33. The fourth-order valence-corrected chi connectivity index (χ4v) is 1.70. The Hall–Kier alpha value is -2.38. The molecule has 0 atom stereocenters. The molecule has 2 nitrogen and oxygen atoms in total. The van der Waals surface area contributed by atoms with Crippen LogP contribution in [0.1, 0.15) is 17.5 Å². The lowest BCUT2D eigenvalue weighted by molar-refractivity contribution is 0.299. The predicted molar refractivity (Wildman–Crippen MR) is 75.7 cm³/mol. The van der Waals surface area contributed by atoms with Crippen molar-refractivity contribution >= 4 is 0 Å². The summed E-state index contributed by atoms with van der Waals surface area (Å²) >= 11 is 0. The monoisotopic (exact) mass is 288 g/mol. The summed E-state index contributed by atoms with van der Waals surface area (Å²) in [7, 11) is 0. The molecule has 2 aromatic carbocycles. The lowest BCUT2D eigenvalue weighted by Gasteiger charge is -2.07. The van der Waals surface area contributed by atoms with Gasteiger partial charge in [0, 0.05) is 17.5 Å². The minimum Gasteiger partial charge on any atom is -0.489 e. The number of aliphatic hydroxyl groups excluding tert-OH is 1. The zero-order chi connectivity index (χ0) is 15.1. The maximum Gasteiger partial charge on any atom is 0.130 e. The van der Waals surface area contributed by atoms with E-state index in [1.54, 1.807) is 24.3 Å². The number of halogens is 2. The van der Waals surface area contributed by atoms with E-state index in [1.807, 2.05) is 0 Å². The van der Waals surface area contributed by atoms with E-state index < -0.39 is 11.6 Å². The molecular weight excluding hydrogens is 274 g/mol.